The normalized spacial score (nSPS) is 11.2. The first kappa shape index (κ1) is 11.6. The van der Waals surface area contributed by atoms with Gasteiger partial charge in [-0.3, -0.25) is 0 Å². The van der Waals surface area contributed by atoms with Crippen LogP contribution in [0.1, 0.15) is 5.01 Å². The molecule has 0 aliphatic rings. The summed E-state index contributed by atoms with van der Waals surface area (Å²) in [4.78, 5) is 7.26. The molecule has 0 atom stereocenters. The Bertz CT molecular complexity index is 727. The summed E-state index contributed by atoms with van der Waals surface area (Å²) in [5.74, 6) is -0.258. The van der Waals surface area contributed by atoms with E-state index in [2.05, 4.69) is 9.97 Å². The highest BCUT2D eigenvalue weighted by Gasteiger charge is 2.06. The smallest absolute Gasteiger partial charge is 0.178 e. The predicted octanol–water partition coefficient (Wildman–Crippen LogP) is 3.54. The lowest BCUT2D eigenvalue weighted by Crippen LogP contribution is -2.01. The molecule has 0 unspecified atom stereocenters. The summed E-state index contributed by atoms with van der Waals surface area (Å²) in [7, 11) is 0. The first-order valence-electron chi connectivity index (χ1n) is 5.50. The minimum atomic E-state index is -0.258. The maximum Gasteiger partial charge on any atom is 0.178 e. The number of rotatable bonds is 3. The molecule has 3 aromatic rings. The van der Waals surface area contributed by atoms with Crippen molar-refractivity contribution >= 4 is 34.6 Å². The van der Waals surface area contributed by atoms with Crippen molar-refractivity contribution in [3.63, 3.8) is 0 Å². The van der Waals surface area contributed by atoms with E-state index in [4.69, 9.17) is 12.2 Å². The largest absolute Gasteiger partial charge is 0.330 e. The second-order valence-electron chi connectivity index (χ2n) is 3.92. The van der Waals surface area contributed by atoms with E-state index < -0.39 is 0 Å². The lowest BCUT2D eigenvalue weighted by Gasteiger charge is -2.02. The number of hydrogen-bond acceptors (Lipinski definition) is 3. The summed E-state index contributed by atoms with van der Waals surface area (Å²) in [6, 6.07) is 4.66. The number of aromatic nitrogens is 3. The van der Waals surface area contributed by atoms with Gasteiger partial charge < -0.3 is 9.55 Å². The SMILES string of the molecule is Fc1ccc2c(c1)[nH]c(=S)n2CCc1nccs1. The summed E-state index contributed by atoms with van der Waals surface area (Å²) >= 11 is 6.89. The molecule has 0 saturated carbocycles. The molecule has 3 nitrogen and oxygen atoms in total. The number of aryl methyl sites for hydroxylation is 2. The van der Waals surface area contributed by atoms with Gasteiger partial charge >= 0.3 is 0 Å². The summed E-state index contributed by atoms with van der Waals surface area (Å²) in [5.41, 5.74) is 1.66. The molecule has 3 rings (SSSR count). The van der Waals surface area contributed by atoms with E-state index in [1.807, 2.05) is 9.95 Å². The van der Waals surface area contributed by atoms with Crippen molar-refractivity contribution in [2.45, 2.75) is 13.0 Å². The van der Waals surface area contributed by atoms with Crippen molar-refractivity contribution in [2.75, 3.05) is 0 Å². The molecule has 2 heterocycles. The van der Waals surface area contributed by atoms with Gasteiger partial charge in [0.25, 0.3) is 0 Å². The number of hydrogen-bond donors (Lipinski definition) is 1. The minimum absolute atomic E-state index is 0.258. The van der Waals surface area contributed by atoms with Crippen LogP contribution in [-0.4, -0.2) is 14.5 Å². The number of fused-ring (bicyclic) bond motifs is 1. The molecule has 6 heteroatoms. The van der Waals surface area contributed by atoms with E-state index in [-0.39, 0.29) is 5.82 Å². The molecule has 0 aliphatic carbocycles. The molecule has 0 bridgehead atoms. The predicted molar refractivity (Wildman–Crippen MR) is 72.9 cm³/mol. The van der Waals surface area contributed by atoms with Crippen LogP contribution >= 0.6 is 23.6 Å². The topological polar surface area (TPSA) is 33.6 Å². The van der Waals surface area contributed by atoms with Gasteiger partial charge in [-0.15, -0.1) is 11.3 Å². The summed E-state index contributed by atoms with van der Waals surface area (Å²) < 4.78 is 15.7. The van der Waals surface area contributed by atoms with Crippen LogP contribution in [0, 0.1) is 10.6 Å². The van der Waals surface area contributed by atoms with E-state index >= 15 is 0 Å². The number of thiazole rings is 1. The fourth-order valence-corrected chi connectivity index (χ4v) is 2.85. The number of nitrogens with zero attached hydrogens (tertiary/aromatic N) is 2. The molecule has 0 radical (unpaired) electrons. The number of imidazole rings is 1. The first-order chi connectivity index (χ1) is 8.74. The summed E-state index contributed by atoms with van der Waals surface area (Å²) in [5, 5.41) is 3.03. The van der Waals surface area contributed by atoms with Gasteiger partial charge in [-0.05, 0) is 30.4 Å². The van der Waals surface area contributed by atoms with Gasteiger partial charge in [-0.25, -0.2) is 9.37 Å². The number of H-pyrrole nitrogens is 1. The average molecular weight is 279 g/mol. The molecular weight excluding hydrogens is 269 g/mol. The van der Waals surface area contributed by atoms with Crippen LogP contribution in [-0.2, 0) is 13.0 Å². The highest BCUT2D eigenvalue weighted by Crippen LogP contribution is 2.16. The van der Waals surface area contributed by atoms with Crippen LogP contribution < -0.4 is 0 Å². The Morgan fingerprint density at radius 1 is 1.44 bits per heavy atom. The first-order valence-corrected chi connectivity index (χ1v) is 6.79. The molecule has 92 valence electrons. The van der Waals surface area contributed by atoms with Gasteiger partial charge in [0.15, 0.2) is 4.77 Å². The Hall–Kier alpha value is -1.53. The van der Waals surface area contributed by atoms with E-state index in [0.29, 0.717) is 4.77 Å². The zero-order chi connectivity index (χ0) is 12.5. The Kier molecular flexibility index (Phi) is 2.97. The van der Waals surface area contributed by atoms with Crippen LogP contribution in [0.15, 0.2) is 29.8 Å². The van der Waals surface area contributed by atoms with E-state index in [0.717, 1.165) is 29.0 Å². The quantitative estimate of drug-likeness (QED) is 0.744. The fraction of sp³-hybridized carbons (Fsp3) is 0.167. The highest BCUT2D eigenvalue weighted by molar-refractivity contribution is 7.71. The molecule has 0 amide bonds. The van der Waals surface area contributed by atoms with Crippen LogP contribution in [0.2, 0.25) is 0 Å². The Morgan fingerprint density at radius 2 is 2.33 bits per heavy atom. The minimum Gasteiger partial charge on any atom is -0.330 e. The van der Waals surface area contributed by atoms with Crippen molar-refractivity contribution in [1.82, 2.24) is 14.5 Å². The number of benzene rings is 1. The van der Waals surface area contributed by atoms with Gasteiger partial charge in [0.2, 0.25) is 0 Å². The van der Waals surface area contributed by atoms with Crippen LogP contribution in [0.3, 0.4) is 0 Å². The van der Waals surface area contributed by atoms with Gasteiger partial charge in [-0.2, -0.15) is 0 Å². The van der Waals surface area contributed by atoms with Gasteiger partial charge in [0.1, 0.15) is 5.82 Å². The molecule has 0 fully saturated rings. The molecule has 2 aromatic heterocycles. The Morgan fingerprint density at radius 3 is 3.11 bits per heavy atom. The number of nitrogens with one attached hydrogen (secondary N) is 1. The Labute approximate surface area is 112 Å². The molecule has 18 heavy (non-hydrogen) atoms. The molecule has 0 spiro atoms. The van der Waals surface area contributed by atoms with Crippen molar-refractivity contribution in [3.8, 4) is 0 Å². The maximum atomic E-state index is 13.1. The third-order valence-corrected chi connectivity index (χ3v) is 3.93. The van der Waals surface area contributed by atoms with E-state index in [1.165, 1.54) is 12.1 Å². The standard InChI is InChI=1S/C12H10FN3S2/c13-8-1-2-10-9(7-8)15-12(17)16(10)5-3-11-14-4-6-18-11/h1-2,4,6-7H,3,5H2,(H,15,17). The third kappa shape index (κ3) is 2.09. The molecule has 1 N–H and O–H groups in total. The van der Waals surface area contributed by atoms with Crippen LogP contribution in [0.4, 0.5) is 4.39 Å². The molecule has 0 aliphatic heterocycles. The lowest BCUT2D eigenvalue weighted by molar-refractivity contribution is 0.629. The maximum absolute atomic E-state index is 13.1. The zero-order valence-electron chi connectivity index (χ0n) is 9.39. The lowest BCUT2D eigenvalue weighted by atomic mass is 10.3. The van der Waals surface area contributed by atoms with E-state index in [9.17, 15) is 4.39 Å². The number of aromatic amines is 1. The highest BCUT2D eigenvalue weighted by atomic mass is 32.1. The fourth-order valence-electron chi connectivity index (χ4n) is 1.94. The molecule has 1 aromatic carbocycles. The molecular formula is C12H10FN3S2. The van der Waals surface area contributed by atoms with Crippen molar-refractivity contribution in [2.24, 2.45) is 0 Å². The van der Waals surface area contributed by atoms with Crippen LogP contribution in [0.25, 0.3) is 11.0 Å². The summed E-state index contributed by atoms with van der Waals surface area (Å²) in [6.07, 6.45) is 2.63. The second kappa shape index (κ2) is 4.62. The molecule has 0 saturated heterocycles. The van der Waals surface area contributed by atoms with Gasteiger partial charge in [0.05, 0.1) is 16.0 Å². The summed E-state index contributed by atoms with van der Waals surface area (Å²) in [6.45, 7) is 0.748. The van der Waals surface area contributed by atoms with Gasteiger partial charge in [0, 0.05) is 24.5 Å². The average Bonchev–Trinajstić information content (AvgIpc) is 2.93. The monoisotopic (exact) mass is 279 g/mol. The second-order valence-corrected chi connectivity index (χ2v) is 5.28. The van der Waals surface area contributed by atoms with E-state index in [1.54, 1.807) is 23.6 Å². The third-order valence-electron chi connectivity index (χ3n) is 2.77. The van der Waals surface area contributed by atoms with Crippen molar-refractivity contribution in [3.05, 3.63) is 45.4 Å². The van der Waals surface area contributed by atoms with Crippen LogP contribution in [0.5, 0.6) is 0 Å². The van der Waals surface area contributed by atoms with Gasteiger partial charge in [-0.1, -0.05) is 0 Å². The van der Waals surface area contributed by atoms with Crippen molar-refractivity contribution < 1.29 is 4.39 Å². The zero-order valence-corrected chi connectivity index (χ0v) is 11.0. The number of halogens is 1. The Balaban J connectivity index is 1.96. The van der Waals surface area contributed by atoms with Crippen molar-refractivity contribution in [1.29, 1.82) is 0 Å².